The third-order valence-corrected chi connectivity index (χ3v) is 2.12. The monoisotopic (exact) mass is 236 g/mol. The molecule has 5 heteroatoms. The van der Waals surface area contributed by atoms with Gasteiger partial charge < -0.3 is 16.4 Å². The molecule has 0 fully saturated rings. The van der Waals surface area contributed by atoms with E-state index in [1.807, 2.05) is 20.8 Å². The molecule has 0 aliphatic heterocycles. The molecule has 1 heterocycles. The number of nitrogens with one attached hydrogen (secondary N) is 2. The highest BCUT2D eigenvalue weighted by Crippen LogP contribution is 2.15. The highest BCUT2D eigenvalue weighted by atomic mass is 16.1. The van der Waals surface area contributed by atoms with Gasteiger partial charge in [0.2, 0.25) is 0 Å². The maximum absolute atomic E-state index is 11.9. The Bertz CT molecular complexity index is 390. The lowest BCUT2D eigenvalue weighted by molar-refractivity contribution is 0.0943. The van der Waals surface area contributed by atoms with Gasteiger partial charge in [-0.1, -0.05) is 6.92 Å². The van der Waals surface area contributed by atoms with Crippen LogP contribution in [0, 0.1) is 0 Å². The molecule has 0 atom stereocenters. The van der Waals surface area contributed by atoms with Crippen molar-refractivity contribution in [1.29, 1.82) is 0 Å². The predicted octanol–water partition coefficient (Wildman–Crippen LogP) is 1.62. The fourth-order valence-electron chi connectivity index (χ4n) is 1.38. The molecule has 0 saturated heterocycles. The lowest BCUT2D eigenvalue weighted by atomic mass is 10.2. The van der Waals surface area contributed by atoms with E-state index < -0.39 is 0 Å². The largest absolute Gasteiger partial charge is 0.384 e. The summed E-state index contributed by atoms with van der Waals surface area (Å²) >= 11 is 0. The molecule has 1 aromatic heterocycles. The van der Waals surface area contributed by atoms with Crippen molar-refractivity contribution in [1.82, 2.24) is 10.3 Å². The van der Waals surface area contributed by atoms with Crippen LogP contribution in [-0.2, 0) is 0 Å². The number of hydrogen-bond acceptors (Lipinski definition) is 4. The van der Waals surface area contributed by atoms with E-state index in [0.29, 0.717) is 17.2 Å². The van der Waals surface area contributed by atoms with Crippen LogP contribution < -0.4 is 16.4 Å². The number of nitrogen functional groups attached to an aromatic ring is 1. The Kier molecular flexibility index (Phi) is 4.75. The molecule has 0 unspecified atom stereocenters. The number of amides is 1. The average Bonchev–Trinajstić information content (AvgIpc) is 2.25. The zero-order chi connectivity index (χ0) is 12.8. The van der Waals surface area contributed by atoms with Crippen LogP contribution >= 0.6 is 0 Å². The normalized spacial score (nSPS) is 10.4. The lowest BCUT2D eigenvalue weighted by Gasteiger charge is -2.13. The second-order valence-electron chi connectivity index (χ2n) is 4.19. The number of carbonyl (C=O) groups is 1. The number of nitrogens with zero attached hydrogens (tertiary/aromatic N) is 1. The number of aromatic nitrogens is 1. The van der Waals surface area contributed by atoms with Gasteiger partial charge >= 0.3 is 0 Å². The zero-order valence-electron chi connectivity index (χ0n) is 10.6. The van der Waals surface area contributed by atoms with E-state index in [1.54, 1.807) is 12.1 Å². The van der Waals surface area contributed by atoms with Gasteiger partial charge in [0.1, 0.15) is 11.6 Å². The topological polar surface area (TPSA) is 80.0 Å². The lowest BCUT2D eigenvalue weighted by Crippen LogP contribution is -2.31. The minimum Gasteiger partial charge on any atom is -0.384 e. The summed E-state index contributed by atoms with van der Waals surface area (Å²) in [4.78, 5) is 16.1. The Morgan fingerprint density at radius 3 is 2.76 bits per heavy atom. The van der Waals surface area contributed by atoms with Crippen LogP contribution in [-0.4, -0.2) is 23.5 Å². The van der Waals surface area contributed by atoms with E-state index >= 15 is 0 Å². The summed E-state index contributed by atoms with van der Waals surface area (Å²) in [5.74, 6) is 0.820. The Morgan fingerprint density at radius 1 is 1.47 bits per heavy atom. The molecule has 0 aliphatic rings. The van der Waals surface area contributed by atoms with Crippen molar-refractivity contribution in [2.75, 3.05) is 17.6 Å². The molecule has 94 valence electrons. The molecule has 0 aromatic carbocycles. The smallest absolute Gasteiger partial charge is 0.255 e. The van der Waals surface area contributed by atoms with Gasteiger partial charge in [-0.05, 0) is 32.4 Å². The quantitative estimate of drug-likeness (QED) is 0.725. The summed E-state index contributed by atoms with van der Waals surface area (Å²) in [6, 6.07) is 3.42. The molecule has 1 aromatic rings. The fraction of sp³-hybridized carbons (Fsp3) is 0.500. The molecule has 0 bridgehead atoms. The van der Waals surface area contributed by atoms with E-state index in [-0.39, 0.29) is 11.9 Å². The van der Waals surface area contributed by atoms with Crippen LogP contribution in [0.1, 0.15) is 37.6 Å². The molecule has 4 N–H and O–H groups in total. The first-order valence-corrected chi connectivity index (χ1v) is 5.85. The van der Waals surface area contributed by atoms with Crippen LogP contribution in [0.15, 0.2) is 12.1 Å². The first kappa shape index (κ1) is 13.3. The third-order valence-electron chi connectivity index (χ3n) is 2.12. The second-order valence-corrected chi connectivity index (χ2v) is 4.19. The standard InChI is InChI=1S/C12H20N4O/c1-4-7-14-11-9(5-6-10(13)16-11)12(17)15-8(2)3/h5-6,8H,4,7H2,1-3H3,(H,15,17)(H3,13,14,16). The van der Waals surface area contributed by atoms with Gasteiger partial charge in [0, 0.05) is 12.6 Å². The maximum atomic E-state index is 11.9. The number of pyridine rings is 1. The minimum absolute atomic E-state index is 0.0964. The van der Waals surface area contributed by atoms with Crippen molar-refractivity contribution < 1.29 is 4.79 Å². The molecule has 1 amide bonds. The minimum atomic E-state index is -0.133. The van der Waals surface area contributed by atoms with E-state index in [4.69, 9.17) is 5.73 Å². The van der Waals surface area contributed by atoms with Gasteiger partial charge in [-0.3, -0.25) is 4.79 Å². The van der Waals surface area contributed by atoms with Gasteiger partial charge in [0.15, 0.2) is 0 Å². The SMILES string of the molecule is CCCNc1nc(N)ccc1C(=O)NC(C)C. The van der Waals surface area contributed by atoms with E-state index in [2.05, 4.69) is 15.6 Å². The van der Waals surface area contributed by atoms with Gasteiger partial charge in [-0.2, -0.15) is 0 Å². The number of nitrogens with two attached hydrogens (primary N) is 1. The molecular weight excluding hydrogens is 216 g/mol. The molecule has 0 saturated carbocycles. The third kappa shape index (κ3) is 3.94. The summed E-state index contributed by atoms with van der Waals surface area (Å²) in [5, 5.41) is 5.94. The molecule has 5 nitrogen and oxygen atoms in total. The summed E-state index contributed by atoms with van der Waals surface area (Å²) in [6.07, 6.45) is 0.960. The molecule has 1 rings (SSSR count). The fourth-order valence-corrected chi connectivity index (χ4v) is 1.38. The second kappa shape index (κ2) is 6.08. The van der Waals surface area contributed by atoms with E-state index in [9.17, 15) is 4.79 Å². The highest BCUT2D eigenvalue weighted by molar-refractivity contribution is 5.99. The van der Waals surface area contributed by atoms with Gasteiger partial charge in [0.25, 0.3) is 5.91 Å². The van der Waals surface area contributed by atoms with Crippen LogP contribution in [0.25, 0.3) is 0 Å². The number of carbonyl (C=O) groups excluding carboxylic acids is 1. The Balaban J connectivity index is 2.92. The predicted molar refractivity (Wildman–Crippen MR) is 70.0 cm³/mol. The molecule has 17 heavy (non-hydrogen) atoms. The van der Waals surface area contributed by atoms with Crippen LogP contribution in [0.3, 0.4) is 0 Å². The van der Waals surface area contributed by atoms with Gasteiger partial charge in [0.05, 0.1) is 5.56 Å². The summed E-state index contributed by atoms with van der Waals surface area (Å²) in [5.41, 5.74) is 6.15. The van der Waals surface area contributed by atoms with Gasteiger partial charge in [-0.25, -0.2) is 4.98 Å². The number of hydrogen-bond donors (Lipinski definition) is 3. The Morgan fingerprint density at radius 2 is 2.18 bits per heavy atom. The average molecular weight is 236 g/mol. The van der Waals surface area contributed by atoms with E-state index in [0.717, 1.165) is 13.0 Å². The van der Waals surface area contributed by atoms with Crippen molar-refractivity contribution in [3.63, 3.8) is 0 Å². The van der Waals surface area contributed by atoms with Crippen LogP contribution in [0.2, 0.25) is 0 Å². The number of rotatable bonds is 5. The molecular formula is C12H20N4O. The van der Waals surface area contributed by atoms with Crippen molar-refractivity contribution in [2.24, 2.45) is 0 Å². The Labute approximate surface area is 102 Å². The first-order valence-electron chi connectivity index (χ1n) is 5.85. The van der Waals surface area contributed by atoms with Crippen molar-refractivity contribution in [3.05, 3.63) is 17.7 Å². The molecule has 0 aliphatic carbocycles. The van der Waals surface area contributed by atoms with Crippen molar-refractivity contribution in [3.8, 4) is 0 Å². The van der Waals surface area contributed by atoms with Crippen molar-refractivity contribution >= 4 is 17.5 Å². The summed E-state index contributed by atoms with van der Waals surface area (Å²) in [7, 11) is 0. The summed E-state index contributed by atoms with van der Waals surface area (Å²) < 4.78 is 0. The summed E-state index contributed by atoms with van der Waals surface area (Å²) in [6.45, 7) is 6.65. The van der Waals surface area contributed by atoms with Crippen LogP contribution in [0.4, 0.5) is 11.6 Å². The van der Waals surface area contributed by atoms with Gasteiger partial charge in [-0.15, -0.1) is 0 Å². The van der Waals surface area contributed by atoms with Crippen LogP contribution in [0.5, 0.6) is 0 Å². The first-order chi connectivity index (χ1) is 8.04. The molecule has 0 radical (unpaired) electrons. The Hall–Kier alpha value is -1.78. The zero-order valence-corrected chi connectivity index (χ0v) is 10.6. The van der Waals surface area contributed by atoms with Crippen molar-refractivity contribution in [2.45, 2.75) is 33.2 Å². The van der Waals surface area contributed by atoms with E-state index in [1.165, 1.54) is 0 Å². The maximum Gasteiger partial charge on any atom is 0.255 e. The number of anilines is 2. The molecule has 0 spiro atoms. The highest BCUT2D eigenvalue weighted by Gasteiger charge is 2.13.